The van der Waals surface area contributed by atoms with Gasteiger partial charge in [-0.15, -0.1) is 0 Å². The molecule has 0 aliphatic carbocycles. The number of ether oxygens (including phenoxy) is 3. The molecule has 6 heteroatoms. The van der Waals surface area contributed by atoms with Crippen LogP contribution in [0, 0.1) is 0 Å². The van der Waals surface area contributed by atoms with Gasteiger partial charge in [0.1, 0.15) is 0 Å². The third-order valence-electron chi connectivity index (χ3n) is 4.76. The molecule has 2 aromatic carbocycles. The van der Waals surface area contributed by atoms with Crippen molar-refractivity contribution in [3.63, 3.8) is 0 Å². The van der Waals surface area contributed by atoms with Crippen LogP contribution < -0.4 is 14.8 Å². The van der Waals surface area contributed by atoms with E-state index in [9.17, 15) is 9.59 Å². The number of methoxy groups -OCH3 is 2. The number of carbonyl (C=O) groups is 2. The summed E-state index contributed by atoms with van der Waals surface area (Å²) in [6, 6.07) is 15.2. The van der Waals surface area contributed by atoms with Gasteiger partial charge in [-0.25, -0.2) is 0 Å². The number of esters is 1. The predicted molar refractivity (Wildman–Crippen MR) is 111 cm³/mol. The van der Waals surface area contributed by atoms with Crippen LogP contribution in [0.3, 0.4) is 0 Å². The van der Waals surface area contributed by atoms with E-state index < -0.39 is 12.1 Å². The van der Waals surface area contributed by atoms with Gasteiger partial charge < -0.3 is 19.5 Å². The first-order valence-corrected chi connectivity index (χ1v) is 9.71. The van der Waals surface area contributed by atoms with E-state index in [1.165, 1.54) is 12.7 Å². The smallest absolute Gasteiger partial charge is 0.311 e. The van der Waals surface area contributed by atoms with Gasteiger partial charge in [-0.3, -0.25) is 9.59 Å². The predicted octanol–water partition coefficient (Wildman–Crippen LogP) is 3.49. The monoisotopic (exact) mass is 399 g/mol. The Bertz CT molecular complexity index is 806. The second-order valence-electron chi connectivity index (χ2n) is 6.76. The molecule has 0 spiro atoms. The van der Waals surface area contributed by atoms with Gasteiger partial charge in [0.05, 0.1) is 20.6 Å². The molecule has 156 valence electrons. The summed E-state index contributed by atoms with van der Waals surface area (Å²) in [6.07, 6.45) is 0.0769. The minimum atomic E-state index is -0.865. The van der Waals surface area contributed by atoms with Crippen LogP contribution in [0.15, 0.2) is 48.5 Å². The quantitative estimate of drug-likeness (QED) is 0.619. The van der Waals surface area contributed by atoms with E-state index in [-0.39, 0.29) is 18.2 Å². The lowest BCUT2D eigenvalue weighted by Crippen LogP contribution is -2.38. The van der Waals surface area contributed by atoms with Crippen LogP contribution in [0.2, 0.25) is 0 Å². The molecule has 0 saturated heterocycles. The Morgan fingerprint density at radius 2 is 1.69 bits per heavy atom. The highest BCUT2D eigenvalue weighted by molar-refractivity contribution is 5.84. The standard InChI is InChI=1S/C23H29NO5/c1-5-18(19-9-7-6-8-10-19)15-24-23(26)16(2)29-22(25)14-17-11-12-20(27-3)21(13-17)28-4/h6-13,16,18H,5,14-15H2,1-4H3,(H,24,26)/t16-,18-/m1/s1. The van der Waals surface area contributed by atoms with Crippen LogP contribution in [-0.2, 0) is 20.7 Å². The molecule has 0 radical (unpaired) electrons. The van der Waals surface area contributed by atoms with Crippen LogP contribution in [0.5, 0.6) is 11.5 Å². The lowest BCUT2D eigenvalue weighted by molar-refractivity contribution is -0.154. The first-order valence-electron chi connectivity index (χ1n) is 9.71. The van der Waals surface area contributed by atoms with E-state index >= 15 is 0 Å². The first kappa shape index (κ1) is 22.3. The summed E-state index contributed by atoms with van der Waals surface area (Å²) in [5.74, 6) is 0.557. The molecule has 1 N–H and O–H groups in total. The van der Waals surface area contributed by atoms with Crippen LogP contribution >= 0.6 is 0 Å². The van der Waals surface area contributed by atoms with Gasteiger partial charge in [0, 0.05) is 12.5 Å². The van der Waals surface area contributed by atoms with Gasteiger partial charge in [0.25, 0.3) is 5.91 Å². The molecule has 2 aromatic rings. The third kappa shape index (κ3) is 6.52. The zero-order chi connectivity index (χ0) is 21.2. The van der Waals surface area contributed by atoms with Crippen molar-refractivity contribution in [2.45, 2.75) is 38.7 Å². The van der Waals surface area contributed by atoms with Gasteiger partial charge in [-0.2, -0.15) is 0 Å². The van der Waals surface area contributed by atoms with Crippen LogP contribution in [-0.4, -0.2) is 38.7 Å². The van der Waals surface area contributed by atoms with Crippen molar-refractivity contribution in [1.82, 2.24) is 5.32 Å². The lowest BCUT2D eigenvalue weighted by Gasteiger charge is -2.18. The Morgan fingerprint density at radius 1 is 1.00 bits per heavy atom. The molecule has 29 heavy (non-hydrogen) atoms. The van der Waals surface area contributed by atoms with E-state index in [4.69, 9.17) is 14.2 Å². The fourth-order valence-electron chi connectivity index (χ4n) is 3.04. The number of benzene rings is 2. The maximum atomic E-state index is 12.3. The average molecular weight is 399 g/mol. The van der Waals surface area contributed by atoms with Gasteiger partial charge in [-0.05, 0) is 36.6 Å². The van der Waals surface area contributed by atoms with Crippen molar-refractivity contribution in [1.29, 1.82) is 0 Å². The molecule has 0 bridgehead atoms. The Morgan fingerprint density at radius 3 is 2.31 bits per heavy atom. The largest absolute Gasteiger partial charge is 0.493 e. The van der Waals surface area contributed by atoms with Crippen LogP contribution in [0.1, 0.15) is 37.3 Å². The molecule has 2 rings (SSSR count). The molecule has 0 aliphatic heterocycles. The Labute approximate surface area is 172 Å². The van der Waals surface area contributed by atoms with E-state index in [0.717, 1.165) is 12.0 Å². The molecule has 0 heterocycles. The number of hydrogen-bond acceptors (Lipinski definition) is 5. The van der Waals surface area contributed by atoms with Gasteiger partial charge in [0.2, 0.25) is 0 Å². The Hall–Kier alpha value is -3.02. The van der Waals surface area contributed by atoms with Gasteiger partial charge in [0.15, 0.2) is 17.6 Å². The van der Waals surface area contributed by atoms with E-state index in [1.54, 1.807) is 32.2 Å². The highest BCUT2D eigenvalue weighted by Gasteiger charge is 2.20. The number of nitrogens with one attached hydrogen (secondary N) is 1. The normalized spacial score (nSPS) is 12.6. The molecule has 0 fully saturated rings. The van der Waals surface area contributed by atoms with Crippen LogP contribution in [0.4, 0.5) is 0 Å². The topological polar surface area (TPSA) is 73.9 Å². The first-order chi connectivity index (χ1) is 14.0. The second-order valence-corrected chi connectivity index (χ2v) is 6.76. The summed E-state index contributed by atoms with van der Waals surface area (Å²) in [5.41, 5.74) is 1.89. The van der Waals surface area contributed by atoms with Crippen LogP contribution in [0.25, 0.3) is 0 Å². The third-order valence-corrected chi connectivity index (χ3v) is 4.76. The molecule has 2 atom stereocenters. The highest BCUT2D eigenvalue weighted by atomic mass is 16.5. The van der Waals surface area contributed by atoms with Gasteiger partial charge in [-0.1, -0.05) is 43.3 Å². The molecule has 0 saturated carbocycles. The summed E-state index contributed by atoms with van der Waals surface area (Å²) < 4.78 is 15.7. The molecule has 1 amide bonds. The fourth-order valence-corrected chi connectivity index (χ4v) is 3.04. The number of hydrogen-bond donors (Lipinski definition) is 1. The zero-order valence-electron chi connectivity index (χ0n) is 17.4. The maximum Gasteiger partial charge on any atom is 0.311 e. The number of amides is 1. The van der Waals surface area contributed by atoms with Gasteiger partial charge >= 0.3 is 5.97 Å². The summed E-state index contributed by atoms with van der Waals surface area (Å²) >= 11 is 0. The summed E-state index contributed by atoms with van der Waals surface area (Å²) in [4.78, 5) is 24.6. The van der Waals surface area contributed by atoms with E-state index in [1.807, 2.05) is 30.3 Å². The molecule has 6 nitrogen and oxygen atoms in total. The minimum absolute atomic E-state index is 0.0412. The molecular weight excluding hydrogens is 370 g/mol. The second kappa shape index (κ2) is 11.1. The SMILES string of the molecule is CC[C@H](CNC(=O)[C@@H](C)OC(=O)Cc1ccc(OC)c(OC)c1)c1ccccc1. The number of carbonyl (C=O) groups excluding carboxylic acids is 2. The molecule has 0 unspecified atom stereocenters. The van der Waals surface area contributed by atoms with E-state index in [0.29, 0.717) is 18.0 Å². The van der Waals surface area contributed by atoms with Crippen molar-refractivity contribution in [3.05, 3.63) is 59.7 Å². The van der Waals surface area contributed by atoms with Crippen molar-refractivity contribution < 1.29 is 23.8 Å². The lowest BCUT2D eigenvalue weighted by atomic mass is 9.96. The number of rotatable bonds is 10. The van der Waals surface area contributed by atoms with Crippen molar-refractivity contribution in [2.24, 2.45) is 0 Å². The molecule has 0 aromatic heterocycles. The summed E-state index contributed by atoms with van der Waals surface area (Å²) in [7, 11) is 3.08. The minimum Gasteiger partial charge on any atom is -0.493 e. The Kier molecular flexibility index (Phi) is 8.52. The van der Waals surface area contributed by atoms with Crippen molar-refractivity contribution in [2.75, 3.05) is 20.8 Å². The fraction of sp³-hybridized carbons (Fsp3) is 0.391. The average Bonchev–Trinajstić information content (AvgIpc) is 2.74. The summed E-state index contributed by atoms with van der Waals surface area (Å²) in [5, 5.41) is 2.88. The van der Waals surface area contributed by atoms with Crippen molar-refractivity contribution in [3.8, 4) is 11.5 Å². The zero-order valence-corrected chi connectivity index (χ0v) is 17.4. The molecule has 0 aliphatic rings. The maximum absolute atomic E-state index is 12.3. The van der Waals surface area contributed by atoms with E-state index in [2.05, 4.69) is 12.2 Å². The van der Waals surface area contributed by atoms with Crippen molar-refractivity contribution >= 4 is 11.9 Å². The Balaban J connectivity index is 1.86. The summed E-state index contributed by atoms with van der Waals surface area (Å²) in [6.45, 7) is 4.15. The highest BCUT2D eigenvalue weighted by Crippen LogP contribution is 2.27. The molecular formula is C23H29NO5.